The summed E-state index contributed by atoms with van der Waals surface area (Å²) in [6.07, 6.45) is 0. The van der Waals surface area contributed by atoms with E-state index >= 15 is 0 Å². The van der Waals surface area contributed by atoms with Crippen LogP contribution in [0.25, 0.3) is 0 Å². The Hall–Kier alpha value is 0.130. The average molecular weight is 292 g/mol. The third kappa shape index (κ3) is 4.87. The van der Waals surface area contributed by atoms with Gasteiger partial charge in [0, 0.05) is 0 Å². The van der Waals surface area contributed by atoms with Crippen molar-refractivity contribution in [2.45, 2.75) is 57.3 Å². The summed E-state index contributed by atoms with van der Waals surface area (Å²) in [5, 5.41) is 0. The molecule has 0 aliphatic carbocycles. The molecular formula is C14H21NaO3S. The first-order valence-corrected chi connectivity index (χ1v) is 7.35. The van der Waals surface area contributed by atoms with E-state index in [1.54, 1.807) is 6.07 Å². The Morgan fingerprint density at radius 2 is 1.42 bits per heavy atom. The molecule has 0 atom stereocenters. The van der Waals surface area contributed by atoms with E-state index in [2.05, 4.69) is 0 Å². The molecule has 0 radical (unpaired) electrons. The van der Waals surface area contributed by atoms with Gasteiger partial charge in [-0.2, -0.15) is 0 Å². The van der Waals surface area contributed by atoms with Crippen molar-refractivity contribution in [2.24, 2.45) is 0 Å². The minimum Gasteiger partial charge on any atom is -0.744 e. The standard InChI is InChI=1S/C14H22O3S.Na/c1-13(2,3)10-7-8-11(14(4,5)6)12(9-10)18(15,16)17;/h7-9H,1-6H3,(H,15,16,17);/q;+1/p-1. The molecule has 0 N–H and O–H groups in total. The number of hydrogen-bond donors (Lipinski definition) is 0. The molecule has 3 nitrogen and oxygen atoms in total. The first-order chi connectivity index (χ1) is 7.83. The Morgan fingerprint density at radius 3 is 1.74 bits per heavy atom. The largest absolute Gasteiger partial charge is 1.00 e. The summed E-state index contributed by atoms with van der Waals surface area (Å²) >= 11 is 0. The average Bonchev–Trinajstić information content (AvgIpc) is 2.12. The monoisotopic (exact) mass is 292 g/mol. The maximum Gasteiger partial charge on any atom is 1.00 e. The zero-order chi connectivity index (χ0) is 14.4. The van der Waals surface area contributed by atoms with Crippen LogP contribution in [0.5, 0.6) is 0 Å². The fourth-order valence-electron chi connectivity index (χ4n) is 1.82. The molecule has 0 saturated heterocycles. The molecule has 0 bridgehead atoms. The molecule has 0 unspecified atom stereocenters. The van der Waals surface area contributed by atoms with Crippen LogP contribution in [0.4, 0.5) is 0 Å². The predicted molar refractivity (Wildman–Crippen MR) is 71.8 cm³/mol. The van der Waals surface area contributed by atoms with Crippen molar-refractivity contribution >= 4 is 10.1 Å². The molecule has 1 rings (SSSR count). The molecule has 1 aromatic carbocycles. The molecule has 19 heavy (non-hydrogen) atoms. The van der Waals surface area contributed by atoms with Crippen LogP contribution < -0.4 is 29.6 Å². The van der Waals surface area contributed by atoms with E-state index in [4.69, 9.17) is 0 Å². The van der Waals surface area contributed by atoms with Gasteiger partial charge >= 0.3 is 29.6 Å². The van der Waals surface area contributed by atoms with E-state index in [0.29, 0.717) is 5.56 Å². The molecule has 1 aromatic rings. The number of benzene rings is 1. The zero-order valence-electron chi connectivity index (χ0n) is 12.9. The molecule has 0 heterocycles. The van der Waals surface area contributed by atoms with Crippen molar-refractivity contribution in [1.82, 2.24) is 0 Å². The summed E-state index contributed by atoms with van der Waals surface area (Å²) in [5.74, 6) is 0. The molecule has 0 spiro atoms. The molecular weight excluding hydrogens is 271 g/mol. The molecule has 0 fully saturated rings. The molecule has 0 saturated carbocycles. The van der Waals surface area contributed by atoms with Crippen LogP contribution >= 0.6 is 0 Å². The van der Waals surface area contributed by atoms with Crippen LogP contribution in [-0.2, 0) is 20.9 Å². The third-order valence-electron chi connectivity index (χ3n) is 2.92. The van der Waals surface area contributed by atoms with Crippen molar-refractivity contribution in [1.29, 1.82) is 0 Å². The van der Waals surface area contributed by atoms with E-state index in [9.17, 15) is 13.0 Å². The summed E-state index contributed by atoms with van der Waals surface area (Å²) in [6.45, 7) is 11.6. The van der Waals surface area contributed by atoms with Crippen LogP contribution in [0.2, 0.25) is 0 Å². The van der Waals surface area contributed by atoms with Crippen molar-refractivity contribution in [3.63, 3.8) is 0 Å². The minimum atomic E-state index is -4.45. The van der Waals surface area contributed by atoms with E-state index in [-0.39, 0.29) is 45.3 Å². The SMILES string of the molecule is CC(C)(C)c1ccc(C(C)(C)C)c(S(=O)(=O)[O-])c1.[Na+]. The number of rotatable bonds is 1. The van der Waals surface area contributed by atoms with E-state index in [1.165, 1.54) is 6.07 Å². The second-order valence-corrected chi connectivity index (χ2v) is 8.01. The fourth-order valence-corrected chi connectivity index (χ4v) is 2.73. The summed E-state index contributed by atoms with van der Waals surface area (Å²) in [5.41, 5.74) is 0.870. The Labute approximate surface area is 138 Å². The van der Waals surface area contributed by atoms with Crippen LogP contribution in [-0.4, -0.2) is 13.0 Å². The second kappa shape index (κ2) is 5.86. The van der Waals surface area contributed by atoms with E-state index in [1.807, 2.05) is 47.6 Å². The van der Waals surface area contributed by atoms with Gasteiger partial charge in [-0.1, -0.05) is 53.7 Å². The van der Waals surface area contributed by atoms with Gasteiger partial charge in [0.05, 0.1) is 4.90 Å². The van der Waals surface area contributed by atoms with Crippen molar-refractivity contribution in [3.8, 4) is 0 Å². The topological polar surface area (TPSA) is 57.2 Å². The molecule has 0 aromatic heterocycles. The molecule has 0 aliphatic rings. The van der Waals surface area contributed by atoms with Gasteiger partial charge in [-0.15, -0.1) is 0 Å². The predicted octanol–water partition coefficient (Wildman–Crippen LogP) is 0.190. The van der Waals surface area contributed by atoms with Crippen LogP contribution in [0.15, 0.2) is 23.1 Å². The van der Waals surface area contributed by atoms with Gasteiger partial charge < -0.3 is 4.55 Å². The molecule has 102 valence electrons. The van der Waals surface area contributed by atoms with Gasteiger partial charge in [0.15, 0.2) is 0 Å². The summed E-state index contributed by atoms with van der Waals surface area (Å²) in [7, 11) is -4.45. The van der Waals surface area contributed by atoms with Gasteiger partial charge in [0.1, 0.15) is 10.1 Å². The maximum absolute atomic E-state index is 11.4. The summed E-state index contributed by atoms with van der Waals surface area (Å²) in [6, 6.07) is 5.17. The first-order valence-electron chi connectivity index (χ1n) is 5.94. The minimum absolute atomic E-state index is 0. The van der Waals surface area contributed by atoms with Crippen LogP contribution in [0.1, 0.15) is 52.7 Å². The molecule has 0 amide bonds. The quantitative estimate of drug-likeness (QED) is 0.548. The van der Waals surface area contributed by atoms with Crippen molar-refractivity contribution in [3.05, 3.63) is 29.3 Å². The van der Waals surface area contributed by atoms with Crippen LogP contribution in [0.3, 0.4) is 0 Å². The van der Waals surface area contributed by atoms with Gasteiger partial charge in [-0.3, -0.25) is 0 Å². The molecule has 5 heteroatoms. The Balaban J connectivity index is 0.00000324. The van der Waals surface area contributed by atoms with Gasteiger partial charge in [-0.05, 0) is 28.0 Å². The third-order valence-corrected chi connectivity index (χ3v) is 3.80. The fraction of sp³-hybridized carbons (Fsp3) is 0.571. The van der Waals surface area contributed by atoms with Crippen molar-refractivity contribution < 1.29 is 42.5 Å². The Bertz CT molecular complexity index is 549. The Morgan fingerprint density at radius 1 is 0.947 bits per heavy atom. The molecule has 0 aliphatic heterocycles. The van der Waals surface area contributed by atoms with Gasteiger partial charge in [0.2, 0.25) is 0 Å². The summed E-state index contributed by atoms with van der Waals surface area (Å²) in [4.78, 5) is -0.0950. The van der Waals surface area contributed by atoms with E-state index < -0.39 is 10.1 Å². The smallest absolute Gasteiger partial charge is 0.744 e. The second-order valence-electron chi connectivity index (χ2n) is 6.67. The van der Waals surface area contributed by atoms with Gasteiger partial charge in [-0.25, -0.2) is 8.42 Å². The first kappa shape index (κ1) is 19.1. The Kier molecular flexibility index (Phi) is 5.90. The normalized spacial score (nSPS) is 13.0. The van der Waals surface area contributed by atoms with Gasteiger partial charge in [0.25, 0.3) is 0 Å². The maximum atomic E-state index is 11.4. The summed E-state index contributed by atoms with van der Waals surface area (Å²) < 4.78 is 34.3. The zero-order valence-corrected chi connectivity index (χ0v) is 15.7. The van der Waals surface area contributed by atoms with E-state index in [0.717, 1.165) is 5.56 Å². The van der Waals surface area contributed by atoms with Crippen LogP contribution in [0, 0.1) is 0 Å². The number of hydrogen-bond acceptors (Lipinski definition) is 3. The van der Waals surface area contributed by atoms with Crippen molar-refractivity contribution in [2.75, 3.05) is 0 Å².